The average Bonchev–Trinajstić information content (AvgIpc) is 2.19. The van der Waals surface area contributed by atoms with Gasteiger partial charge in [0.15, 0.2) is 0 Å². The SMILES string of the molecule is COc1ccccc1/C=C\N=C=O. The van der Waals surface area contributed by atoms with Crippen molar-refractivity contribution < 1.29 is 9.53 Å². The summed E-state index contributed by atoms with van der Waals surface area (Å²) >= 11 is 0. The number of isocyanates is 1. The molecule has 0 spiro atoms. The van der Waals surface area contributed by atoms with Crippen LogP contribution < -0.4 is 4.74 Å². The van der Waals surface area contributed by atoms with Crippen LogP contribution >= 0.6 is 0 Å². The van der Waals surface area contributed by atoms with Crippen LogP contribution in [0.15, 0.2) is 35.5 Å². The lowest BCUT2D eigenvalue weighted by molar-refractivity contribution is 0.414. The first-order valence-corrected chi connectivity index (χ1v) is 3.75. The fourth-order valence-corrected chi connectivity index (χ4v) is 0.952. The largest absolute Gasteiger partial charge is 0.496 e. The fourth-order valence-electron chi connectivity index (χ4n) is 0.952. The summed E-state index contributed by atoms with van der Waals surface area (Å²) in [6.45, 7) is 0. The highest BCUT2D eigenvalue weighted by atomic mass is 16.5. The Hall–Kier alpha value is -1.86. The van der Waals surface area contributed by atoms with E-state index in [2.05, 4.69) is 4.99 Å². The van der Waals surface area contributed by atoms with E-state index in [0.29, 0.717) is 0 Å². The van der Waals surface area contributed by atoms with Gasteiger partial charge in [0.2, 0.25) is 6.08 Å². The van der Waals surface area contributed by atoms with E-state index in [1.165, 1.54) is 12.3 Å². The van der Waals surface area contributed by atoms with Crippen LogP contribution in [0.1, 0.15) is 5.56 Å². The van der Waals surface area contributed by atoms with E-state index in [-0.39, 0.29) is 0 Å². The smallest absolute Gasteiger partial charge is 0.239 e. The van der Waals surface area contributed by atoms with Crippen LogP contribution in [0.25, 0.3) is 6.08 Å². The van der Waals surface area contributed by atoms with Crippen molar-refractivity contribution in [3.63, 3.8) is 0 Å². The van der Waals surface area contributed by atoms with Crippen molar-refractivity contribution in [2.24, 2.45) is 4.99 Å². The van der Waals surface area contributed by atoms with Crippen LogP contribution in [0.2, 0.25) is 0 Å². The van der Waals surface area contributed by atoms with Gasteiger partial charge < -0.3 is 4.74 Å². The Bertz CT molecular complexity index is 352. The third-order valence-electron chi connectivity index (χ3n) is 1.52. The lowest BCUT2D eigenvalue weighted by Crippen LogP contribution is -1.84. The molecule has 0 unspecified atom stereocenters. The Balaban J connectivity index is 2.92. The number of rotatable bonds is 3. The molecule has 3 nitrogen and oxygen atoms in total. The van der Waals surface area contributed by atoms with Gasteiger partial charge in [0.1, 0.15) is 5.75 Å². The molecule has 13 heavy (non-hydrogen) atoms. The molecule has 0 atom stereocenters. The van der Waals surface area contributed by atoms with Gasteiger partial charge in [0, 0.05) is 11.8 Å². The number of hydrogen-bond donors (Lipinski definition) is 0. The van der Waals surface area contributed by atoms with Crippen molar-refractivity contribution in [1.82, 2.24) is 0 Å². The summed E-state index contributed by atoms with van der Waals surface area (Å²) in [5, 5.41) is 0. The zero-order chi connectivity index (χ0) is 9.52. The Kier molecular flexibility index (Phi) is 3.48. The van der Waals surface area contributed by atoms with E-state index >= 15 is 0 Å². The molecule has 0 amide bonds. The molecule has 0 aliphatic heterocycles. The third kappa shape index (κ3) is 2.58. The van der Waals surface area contributed by atoms with Gasteiger partial charge in [0.25, 0.3) is 0 Å². The topological polar surface area (TPSA) is 38.7 Å². The maximum absolute atomic E-state index is 9.78. The Morgan fingerprint density at radius 1 is 1.46 bits per heavy atom. The van der Waals surface area contributed by atoms with Gasteiger partial charge in [-0.1, -0.05) is 18.2 Å². The number of hydrogen-bond acceptors (Lipinski definition) is 3. The quantitative estimate of drug-likeness (QED) is 0.520. The Morgan fingerprint density at radius 3 is 2.92 bits per heavy atom. The maximum atomic E-state index is 9.78. The Labute approximate surface area is 76.4 Å². The van der Waals surface area contributed by atoms with Crippen molar-refractivity contribution in [2.75, 3.05) is 7.11 Å². The molecule has 0 bridgehead atoms. The van der Waals surface area contributed by atoms with Gasteiger partial charge >= 0.3 is 0 Å². The van der Waals surface area contributed by atoms with Gasteiger partial charge in [-0.2, -0.15) is 4.99 Å². The van der Waals surface area contributed by atoms with Gasteiger partial charge in [0.05, 0.1) is 7.11 Å². The summed E-state index contributed by atoms with van der Waals surface area (Å²) in [5.41, 5.74) is 0.879. The van der Waals surface area contributed by atoms with E-state index < -0.39 is 0 Å². The standard InChI is InChI=1S/C10H9NO2/c1-13-10-5-3-2-4-9(10)6-7-11-8-12/h2-7H,1H3/b7-6-. The molecular formula is C10H9NO2. The van der Waals surface area contributed by atoms with Gasteiger partial charge in [-0.3, -0.25) is 0 Å². The average molecular weight is 175 g/mol. The molecule has 3 heteroatoms. The molecule has 0 heterocycles. The molecule has 1 aromatic carbocycles. The summed E-state index contributed by atoms with van der Waals surface area (Å²) in [7, 11) is 1.59. The van der Waals surface area contributed by atoms with Gasteiger partial charge in [-0.15, -0.1) is 0 Å². The number of nitrogens with zero attached hydrogens (tertiary/aromatic N) is 1. The van der Waals surface area contributed by atoms with E-state index in [1.54, 1.807) is 13.2 Å². The van der Waals surface area contributed by atoms with Crippen molar-refractivity contribution in [1.29, 1.82) is 0 Å². The van der Waals surface area contributed by atoms with Crippen molar-refractivity contribution >= 4 is 12.2 Å². The van der Waals surface area contributed by atoms with Gasteiger partial charge in [-0.25, -0.2) is 4.79 Å². The molecule has 0 saturated carbocycles. The summed E-state index contributed by atoms with van der Waals surface area (Å²) in [6.07, 6.45) is 4.49. The number of methoxy groups -OCH3 is 1. The lowest BCUT2D eigenvalue weighted by atomic mass is 10.2. The number of aliphatic imine (C=N–C) groups is 1. The zero-order valence-corrected chi connectivity index (χ0v) is 7.23. The molecule has 1 aromatic rings. The lowest BCUT2D eigenvalue weighted by Gasteiger charge is -2.01. The molecule has 0 N–H and O–H groups in total. The zero-order valence-electron chi connectivity index (χ0n) is 7.23. The van der Waals surface area contributed by atoms with Crippen LogP contribution in [0, 0.1) is 0 Å². The fraction of sp³-hybridized carbons (Fsp3) is 0.100. The summed E-state index contributed by atoms with van der Waals surface area (Å²) in [6, 6.07) is 7.46. The molecular weight excluding hydrogens is 166 g/mol. The first-order valence-electron chi connectivity index (χ1n) is 3.75. The highest BCUT2D eigenvalue weighted by molar-refractivity contribution is 5.57. The van der Waals surface area contributed by atoms with Gasteiger partial charge in [-0.05, 0) is 12.1 Å². The first kappa shape index (κ1) is 9.23. The van der Waals surface area contributed by atoms with E-state index in [0.717, 1.165) is 11.3 Å². The first-order chi connectivity index (χ1) is 6.38. The number of carbonyl (C=O) groups excluding carboxylic acids is 1. The molecule has 0 aliphatic carbocycles. The van der Waals surface area contributed by atoms with Crippen LogP contribution in [0.5, 0.6) is 5.75 Å². The molecule has 0 radical (unpaired) electrons. The molecule has 0 aromatic heterocycles. The predicted octanol–water partition coefficient (Wildman–Crippen LogP) is 2.00. The molecule has 0 saturated heterocycles. The van der Waals surface area contributed by atoms with Crippen LogP contribution in [-0.2, 0) is 4.79 Å². The molecule has 0 fully saturated rings. The summed E-state index contributed by atoms with van der Waals surface area (Å²) in [5.74, 6) is 0.750. The highest BCUT2D eigenvalue weighted by Crippen LogP contribution is 2.18. The second-order valence-corrected chi connectivity index (χ2v) is 2.28. The minimum atomic E-state index is 0.750. The van der Waals surface area contributed by atoms with Crippen molar-refractivity contribution in [3.05, 3.63) is 36.0 Å². The summed E-state index contributed by atoms with van der Waals surface area (Å²) in [4.78, 5) is 13.1. The molecule has 0 aliphatic rings. The van der Waals surface area contributed by atoms with Crippen LogP contribution in [0.3, 0.4) is 0 Å². The van der Waals surface area contributed by atoms with Crippen LogP contribution in [0.4, 0.5) is 0 Å². The molecule has 1 rings (SSSR count). The van der Waals surface area contributed by atoms with Crippen molar-refractivity contribution in [3.8, 4) is 5.75 Å². The minimum Gasteiger partial charge on any atom is -0.496 e. The van der Waals surface area contributed by atoms with Crippen LogP contribution in [-0.4, -0.2) is 13.2 Å². The van der Waals surface area contributed by atoms with Crippen molar-refractivity contribution in [2.45, 2.75) is 0 Å². The molecule has 66 valence electrons. The third-order valence-corrected chi connectivity index (χ3v) is 1.52. The van der Waals surface area contributed by atoms with E-state index in [9.17, 15) is 4.79 Å². The van der Waals surface area contributed by atoms with E-state index in [4.69, 9.17) is 4.74 Å². The maximum Gasteiger partial charge on any atom is 0.239 e. The van der Waals surface area contributed by atoms with E-state index in [1.807, 2.05) is 24.3 Å². The minimum absolute atomic E-state index is 0.750. The normalized spacial score (nSPS) is 9.62. The second kappa shape index (κ2) is 4.91. The highest BCUT2D eigenvalue weighted by Gasteiger charge is 1.94. The monoisotopic (exact) mass is 175 g/mol. The number of benzene rings is 1. The predicted molar refractivity (Wildman–Crippen MR) is 50.1 cm³/mol. The summed E-state index contributed by atoms with van der Waals surface area (Å²) < 4.78 is 5.08. The second-order valence-electron chi connectivity index (χ2n) is 2.28. The number of ether oxygens (including phenoxy) is 1. The number of para-hydroxylation sites is 1. The Morgan fingerprint density at radius 2 is 2.23 bits per heavy atom.